The number of aromatic nitrogens is 3. The molecule has 3 rings (SSSR count). The van der Waals surface area contributed by atoms with Gasteiger partial charge < -0.3 is 0 Å². The van der Waals surface area contributed by atoms with Gasteiger partial charge in [0.1, 0.15) is 0 Å². The Hall–Kier alpha value is -2.67. The topological polar surface area (TPSA) is 84.7 Å². The summed E-state index contributed by atoms with van der Waals surface area (Å²) in [4.78, 5) is 14.7. The predicted octanol–water partition coefficient (Wildman–Crippen LogP) is 3.98. The number of nitro benzene ring substituents is 1. The molecule has 23 heavy (non-hydrogen) atoms. The maximum atomic E-state index is 10.6. The zero-order chi connectivity index (χ0) is 16.2. The molecule has 2 aromatic carbocycles. The molecule has 0 aliphatic rings. The molecular weight excluding hydrogens is 312 g/mol. The van der Waals surface area contributed by atoms with E-state index in [1.54, 1.807) is 12.1 Å². The minimum absolute atomic E-state index is 0.0956. The van der Waals surface area contributed by atoms with Crippen molar-refractivity contribution in [3.63, 3.8) is 0 Å². The van der Waals surface area contributed by atoms with E-state index in [0.29, 0.717) is 10.9 Å². The molecule has 3 aromatic rings. The lowest BCUT2D eigenvalue weighted by atomic mass is 10.1. The van der Waals surface area contributed by atoms with Gasteiger partial charge in [0.25, 0.3) is 5.69 Å². The fourth-order valence-corrected chi connectivity index (χ4v) is 2.77. The number of hydrogen-bond donors (Lipinski definition) is 1. The summed E-state index contributed by atoms with van der Waals surface area (Å²) >= 11 is 1.48. The van der Waals surface area contributed by atoms with Crippen LogP contribution >= 0.6 is 11.8 Å². The van der Waals surface area contributed by atoms with Gasteiger partial charge in [0.2, 0.25) is 5.16 Å². The zero-order valence-corrected chi connectivity index (χ0v) is 13.2. The summed E-state index contributed by atoms with van der Waals surface area (Å²) in [5.41, 5.74) is 3.27. The number of rotatable bonds is 5. The van der Waals surface area contributed by atoms with E-state index in [9.17, 15) is 10.1 Å². The van der Waals surface area contributed by atoms with Gasteiger partial charge in [-0.1, -0.05) is 53.7 Å². The summed E-state index contributed by atoms with van der Waals surface area (Å²) in [5.74, 6) is 1.39. The number of thioether (sulfide) groups is 1. The molecule has 7 heteroatoms. The zero-order valence-electron chi connectivity index (χ0n) is 12.4. The Balaban J connectivity index is 1.65. The monoisotopic (exact) mass is 326 g/mol. The second kappa shape index (κ2) is 6.62. The molecule has 1 N–H and O–H groups in total. The summed E-state index contributed by atoms with van der Waals surface area (Å²) in [6, 6.07) is 14.6. The molecule has 1 heterocycles. The normalized spacial score (nSPS) is 10.7. The van der Waals surface area contributed by atoms with Crippen molar-refractivity contribution in [2.45, 2.75) is 17.8 Å². The minimum atomic E-state index is -0.403. The minimum Gasteiger partial charge on any atom is -0.258 e. The smallest absolute Gasteiger partial charge is 0.258 e. The third-order valence-corrected chi connectivity index (χ3v) is 4.22. The van der Waals surface area contributed by atoms with E-state index < -0.39 is 4.92 Å². The van der Waals surface area contributed by atoms with E-state index in [-0.39, 0.29) is 5.69 Å². The molecule has 0 radical (unpaired) electrons. The van der Waals surface area contributed by atoms with Gasteiger partial charge in [0.05, 0.1) is 4.92 Å². The van der Waals surface area contributed by atoms with Gasteiger partial charge >= 0.3 is 0 Å². The van der Waals surface area contributed by atoms with Gasteiger partial charge in [0, 0.05) is 23.4 Å². The molecule has 6 nitrogen and oxygen atoms in total. The average molecular weight is 326 g/mol. The number of nitrogens with zero attached hydrogens (tertiary/aromatic N) is 3. The molecule has 116 valence electrons. The van der Waals surface area contributed by atoms with Crippen LogP contribution in [0.25, 0.3) is 11.4 Å². The first-order chi connectivity index (χ1) is 11.1. The van der Waals surface area contributed by atoms with E-state index in [1.807, 2.05) is 31.2 Å². The summed E-state index contributed by atoms with van der Waals surface area (Å²) < 4.78 is 0. The maximum absolute atomic E-state index is 10.6. The lowest BCUT2D eigenvalue weighted by Crippen LogP contribution is -1.88. The molecule has 0 saturated heterocycles. The molecule has 0 atom stereocenters. The molecule has 0 amide bonds. The Morgan fingerprint density at radius 2 is 1.83 bits per heavy atom. The highest BCUT2D eigenvalue weighted by atomic mass is 32.2. The van der Waals surface area contributed by atoms with E-state index in [2.05, 4.69) is 15.2 Å². The van der Waals surface area contributed by atoms with Gasteiger partial charge in [-0.3, -0.25) is 15.2 Å². The SMILES string of the molecule is Cc1ccc(-c2nc(SCc3ccc([N+](=O)[O-])cc3)n[nH]2)cc1. The summed E-state index contributed by atoms with van der Waals surface area (Å²) in [6.07, 6.45) is 0. The van der Waals surface area contributed by atoms with Crippen LogP contribution in [0.1, 0.15) is 11.1 Å². The van der Waals surface area contributed by atoms with Crippen molar-refractivity contribution in [1.29, 1.82) is 0 Å². The van der Waals surface area contributed by atoms with Crippen LogP contribution in [0.4, 0.5) is 5.69 Å². The van der Waals surface area contributed by atoms with Gasteiger partial charge in [-0.05, 0) is 12.5 Å². The standard InChI is InChI=1S/C16H14N4O2S/c1-11-2-6-13(7-3-11)15-17-16(19-18-15)23-10-12-4-8-14(9-5-12)20(21)22/h2-9H,10H2,1H3,(H,17,18,19). The quantitative estimate of drug-likeness (QED) is 0.435. The van der Waals surface area contributed by atoms with Gasteiger partial charge in [-0.15, -0.1) is 5.10 Å². The second-order valence-corrected chi connectivity index (χ2v) is 5.99. The number of aryl methyl sites for hydroxylation is 1. The Morgan fingerprint density at radius 1 is 1.13 bits per heavy atom. The van der Waals surface area contributed by atoms with Crippen LogP contribution in [0, 0.1) is 17.0 Å². The summed E-state index contributed by atoms with van der Waals surface area (Å²) in [5, 5.41) is 18.4. The van der Waals surface area contributed by atoms with Crippen LogP contribution in [0.15, 0.2) is 53.7 Å². The number of benzene rings is 2. The first-order valence-corrected chi connectivity index (χ1v) is 7.96. The molecule has 0 bridgehead atoms. The molecular formula is C16H14N4O2S. The molecule has 0 unspecified atom stereocenters. The van der Waals surface area contributed by atoms with Gasteiger partial charge in [0.15, 0.2) is 5.82 Å². The van der Waals surface area contributed by atoms with Crippen molar-refractivity contribution >= 4 is 17.4 Å². The third kappa shape index (κ3) is 3.75. The maximum Gasteiger partial charge on any atom is 0.269 e. The van der Waals surface area contributed by atoms with E-state index in [4.69, 9.17) is 0 Å². The van der Waals surface area contributed by atoms with Crippen LogP contribution in [-0.4, -0.2) is 20.1 Å². The number of nitro groups is 1. The molecule has 0 aliphatic heterocycles. The van der Waals surface area contributed by atoms with E-state index in [0.717, 1.165) is 17.0 Å². The highest BCUT2D eigenvalue weighted by Crippen LogP contribution is 2.23. The highest BCUT2D eigenvalue weighted by Gasteiger charge is 2.08. The fraction of sp³-hybridized carbons (Fsp3) is 0.125. The second-order valence-electron chi connectivity index (χ2n) is 5.04. The first kappa shape index (κ1) is 15.2. The molecule has 0 aliphatic carbocycles. The van der Waals surface area contributed by atoms with Crippen LogP contribution in [-0.2, 0) is 5.75 Å². The fourth-order valence-electron chi connectivity index (χ4n) is 2.01. The number of non-ortho nitro benzene ring substituents is 1. The van der Waals surface area contributed by atoms with Crippen LogP contribution in [0.2, 0.25) is 0 Å². The summed E-state index contributed by atoms with van der Waals surface area (Å²) in [6.45, 7) is 2.04. The van der Waals surface area contributed by atoms with Crippen LogP contribution < -0.4 is 0 Å². The van der Waals surface area contributed by atoms with Crippen molar-refractivity contribution in [3.8, 4) is 11.4 Å². The van der Waals surface area contributed by atoms with E-state index >= 15 is 0 Å². The average Bonchev–Trinajstić information content (AvgIpc) is 3.03. The highest BCUT2D eigenvalue weighted by molar-refractivity contribution is 7.98. The lowest BCUT2D eigenvalue weighted by molar-refractivity contribution is -0.384. The number of H-pyrrole nitrogens is 1. The van der Waals surface area contributed by atoms with Crippen molar-refractivity contribution in [2.75, 3.05) is 0 Å². The van der Waals surface area contributed by atoms with Gasteiger partial charge in [-0.25, -0.2) is 4.98 Å². The summed E-state index contributed by atoms with van der Waals surface area (Å²) in [7, 11) is 0. The Kier molecular flexibility index (Phi) is 4.38. The van der Waals surface area contributed by atoms with Crippen LogP contribution in [0.3, 0.4) is 0 Å². The Morgan fingerprint density at radius 3 is 2.48 bits per heavy atom. The van der Waals surface area contributed by atoms with Crippen molar-refractivity contribution in [1.82, 2.24) is 15.2 Å². The Labute approximate surface area is 137 Å². The molecule has 0 spiro atoms. The van der Waals surface area contributed by atoms with Gasteiger partial charge in [-0.2, -0.15) is 0 Å². The van der Waals surface area contributed by atoms with Crippen LogP contribution in [0.5, 0.6) is 0 Å². The van der Waals surface area contributed by atoms with Crippen molar-refractivity contribution < 1.29 is 4.92 Å². The lowest BCUT2D eigenvalue weighted by Gasteiger charge is -1.98. The molecule has 1 aromatic heterocycles. The number of hydrogen-bond acceptors (Lipinski definition) is 5. The Bertz CT molecular complexity index is 813. The van der Waals surface area contributed by atoms with Crippen molar-refractivity contribution in [3.05, 3.63) is 69.8 Å². The molecule has 0 saturated carbocycles. The number of nitrogens with one attached hydrogen (secondary N) is 1. The number of aromatic amines is 1. The van der Waals surface area contributed by atoms with Crippen molar-refractivity contribution in [2.24, 2.45) is 0 Å². The third-order valence-electron chi connectivity index (χ3n) is 3.30. The largest absolute Gasteiger partial charge is 0.269 e. The molecule has 0 fully saturated rings. The van der Waals surface area contributed by atoms with E-state index in [1.165, 1.54) is 29.5 Å². The first-order valence-electron chi connectivity index (χ1n) is 6.97. The predicted molar refractivity (Wildman–Crippen MR) is 89.2 cm³/mol.